The third kappa shape index (κ3) is 4.24. The maximum atomic E-state index is 10.8. The summed E-state index contributed by atoms with van der Waals surface area (Å²) in [5.74, 6) is -0.551. The number of rotatable bonds is 5. The Bertz CT molecular complexity index is 142. The van der Waals surface area contributed by atoms with Crippen molar-refractivity contribution < 1.29 is 20.1 Å². The third-order valence-electron chi connectivity index (χ3n) is 1.26. The van der Waals surface area contributed by atoms with Crippen LogP contribution in [0.2, 0.25) is 0 Å². The Labute approximate surface area is 70.0 Å². The summed E-state index contributed by atoms with van der Waals surface area (Å²) in [6.45, 7) is -0.932. The fourth-order valence-corrected chi connectivity index (χ4v) is 0.497. The Morgan fingerprint density at radius 1 is 1.42 bits per heavy atom. The second kappa shape index (κ2) is 5.90. The van der Waals surface area contributed by atoms with Gasteiger partial charge in [-0.2, -0.15) is 0 Å². The standard InChI is InChI=1S/C6H14N2O4/c7-5(3-10)6(12)8-1-4(11)2-9/h4-5,9-11H,1-3,7H2,(H,8,12)/t4?,5-/m0/s1. The Balaban J connectivity index is 3.56. The molecule has 0 heterocycles. The number of hydrogen-bond acceptors (Lipinski definition) is 5. The van der Waals surface area contributed by atoms with E-state index in [9.17, 15) is 4.79 Å². The fraction of sp³-hybridized carbons (Fsp3) is 0.833. The summed E-state index contributed by atoms with van der Waals surface area (Å²) in [7, 11) is 0. The molecule has 12 heavy (non-hydrogen) atoms. The highest BCUT2D eigenvalue weighted by Gasteiger charge is 2.12. The van der Waals surface area contributed by atoms with E-state index in [0.29, 0.717) is 0 Å². The minimum atomic E-state index is -0.986. The van der Waals surface area contributed by atoms with Crippen LogP contribution in [0.5, 0.6) is 0 Å². The van der Waals surface area contributed by atoms with Crippen molar-refractivity contribution in [2.24, 2.45) is 5.73 Å². The van der Waals surface area contributed by atoms with E-state index in [1.807, 2.05) is 0 Å². The Morgan fingerprint density at radius 3 is 2.42 bits per heavy atom. The summed E-state index contributed by atoms with van der Waals surface area (Å²) in [6, 6.07) is -0.976. The number of carbonyl (C=O) groups excluding carboxylic acids is 1. The van der Waals surface area contributed by atoms with E-state index in [2.05, 4.69) is 5.32 Å². The van der Waals surface area contributed by atoms with Gasteiger partial charge in [-0.3, -0.25) is 4.79 Å². The molecule has 0 bridgehead atoms. The van der Waals surface area contributed by atoms with E-state index in [-0.39, 0.29) is 6.54 Å². The molecule has 0 rings (SSSR count). The molecule has 0 saturated carbocycles. The molecular formula is C6H14N2O4. The van der Waals surface area contributed by atoms with Crippen LogP contribution in [-0.2, 0) is 4.79 Å². The lowest BCUT2D eigenvalue weighted by Gasteiger charge is -2.11. The molecule has 6 N–H and O–H groups in total. The number of nitrogens with one attached hydrogen (secondary N) is 1. The highest BCUT2D eigenvalue weighted by Crippen LogP contribution is 1.80. The quantitative estimate of drug-likeness (QED) is 0.303. The maximum absolute atomic E-state index is 10.8. The van der Waals surface area contributed by atoms with Gasteiger partial charge in [-0.05, 0) is 0 Å². The minimum absolute atomic E-state index is 0.0664. The van der Waals surface area contributed by atoms with Crippen LogP contribution < -0.4 is 11.1 Å². The normalized spacial score (nSPS) is 15.3. The van der Waals surface area contributed by atoms with Gasteiger partial charge in [-0.1, -0.05) is 0 Å². The topological polar surface area (TPSA) is 116 Å². The molecule has 0 aliphatic rings. The van der Waals surface area contributed by atoms with E-state index >= 15 is 0 Å². The van der Waals surface area contributed by atoms with Crippen LogP contribution in [0.25, 0.3) is 0 Å². The summed E-state index contributed by atoms with van der Waals surface area (Å²) in [5.41, 5.74) is 5.14. The zero-order chi connectivity index (χ0) is 9.56. The Morgan fingerprint density at radius 2 is 2.00 bits per heavy atom. The molecule has 0 aromatic carbocycles. The third-order valence-corrected chi connectivity index (χ3v) is 1.26. The first-order chi connectivity index (χ1) is 5.61. The van der Waals surface area contributed by atoms with E-state index in [4.69, 9.17) is 21.1 Å². The van der Waals surface area contributed by atoms with Crippen LogP contribution in [0.15, 0.2) is 0 Å². The molecule has 0 aromatic rings. The first-order valence-electron chi connectivity index (χ1n) is 3.55. The molecule has 0 aliphatic carbocycles. The van der Waals surface area contributed by atoms with E-state index in [0.717, 1.165) is 0 Å². The smallest absolute Gasteiger partial charge is 0.239 e. The van der Waals surface area contributed by atoms with Gasteiger partial charge in [0.1, 0.15) is 6.04 Å². The second-order valence-electron chi connectivity index (χ2n) is 2.37. The van der Waals surface area contributed by atoms with Gasteiger partial charge in [0.15, 0.2) is 0 Å². The van der Waals surface area contributed by atoms with Gasteiger partial charge in [0, 0.05) is 6.54 Å². The Kier molecular flexibility index (Phi) is 5.56. The summed E-state index contributed by atoms with van der Waals surface area (Å²) in [6.07, 6.45) is -0.986. The second-order valence-corrected chi connectivity index (χ2v) is 2.37. The lowest BCUT2D eigenvalue weighted by molar-refractivity contribution is -0.123. The van der Waals surface area contributed by atoms with Gasteiger partial charge in [0.05, 0.1) is 19.3 Å². The largest absolute Gasteiger partial charge is 0.394 e. The number of amides is 1. The molecular weight excluding hydrogens is 164 g/mol. The van der Waals surface area contributed by atoms with Crippen molar-refractivity contribution in [1.29, 1.82) is 0 Å². The van der Waals surface area contributed by atoms with Gasteiger partial charge >= 0.3 is 0 Å². The van der Waals surface area contributed by atoms with Crippen molar-refractivity contribution in [3.8, 4) is 0 Å². The number of nitrogens with two attached hydrogens (primary N) is 1. The first-order valence-corrected chi connectivity index (χ1v) is 3.55. The predicted molar refractivity (Wildman–Crippen MR) is 41.2 cm³/mol. The molecule has 6 nitrogen and oxygen atoms in total. The summed E-state index contributed by atoms with van der Waals surface area (Å²) >= 11 is 0. The lowest BCUT2D eigenvalue weighted by Crippen LogP contribution is -2.45. The van der Waals surface area contributed by atoms with Crippen molar-refractivity contribution in [2.75, 3.05) is 19.8 Å². The van der Waals surface area contributed by atoms with Crippen LogP contribution in [-0.4, -0.2) is 53.1 Å². The van der Waals surface area contributed by atoms with Crippen LogP contribution in [0.3, 0.4) is 0 Å². The molecule has 0 fully saturated rings. The maximum Gasteiger partial charge on any atom is 0.239 e. The molecule has 1 amide bonds. The van der Waals surface area contributed by atoms with E-state index in [1.165, 1.54) is 0 Å². The van der Waals surface area contributed by atoms with Gasteiger partial charge < -0.3 is 26.4 Å². The lowest BCUT2D eigenvalue weighted by atomic mass is 10.3. The first kappa shape index (κ1) is 11.3. The molecule has 0 aliphatic heterocycles. The van der Waals surface area contributed by atoms with Gasteiger partial charge in [-0.25, -0.2) is 0 Å². The number of aliphatic hydroxyl groups is 3. The molecule has 0 spiro atoms. The molecule has 72 valence electrons. The van der Waals surface area contributed by atoms with Crippen LogP contribution >= 0.6 is 0 Å². The van der Waals surface area contributed by atoms with E-state index in [1.54, 1.807) is 0 Å². The van der Waals surface area contributed by atoms with Crippen LogP contribution in [0.1, 0.15) is 0 Å². The predicted octanol–water partition coefficient (Wildman–Crippen LogP) is -3.22. The SMILES string of the molecule is N[C@@H](CO)C(=O)NCC(O)CO. The van der Waals surface area contributed by atoms with Crippen LogP contribution in [0.4, 0.5) is 0 Å². The highest BCUT2D eigenvalue weighted by atomic mass is 16.3. The summed E-state index contributed by atoms with van der Waals surface area (Å²) in [5, 5.41) is 27.8. The molecule has 2 atom stereocenters. The Hall–Kier alpha value is -0.690. The monoisotopic (exact) mass is 178 g/mol. The summed E-state index contributed by atoms with van der Waals surface area (Å²) < 4.78 is 0. The van der Waals surface area contributed by atoms with Crippen molar-refractivity contribution >= 4 is 5.91 Å². The molecule has 0 radical (unpaired) electrons. The summed E-state index contributed by atoms with van der Waals surface area (Å²) in [4.78, 5) is 10.8. The fourth-order valence-electron chi connectivity index (χ4n) is 0.497. The average molecular weight is 178 g/mol. The van der Waals surface area contributed by atoms with Crippen molar-refractivity contribution in [3.63, 3.8) is 0 Å². The van der Waals surface area contributed by atoms with Crippen LogP contribution in [0, 0.1) is 0 Å². The molecule has 0 aromatic heterocycles. The van der Waals surface area contributed by atoms with Gasteiger partial charge in [-0.15, -0.1) is 0 Å². The molecule has 6 heteroatoms. The molecule has 1 unspecified atom stereocenters. The molecule has 0 saturated heterocycles. The minimum Gasteiger partial charge on any atom is -0.394 e. The highest BCUT2D eigenvalue weighted by molar-refractivity contribution is 5.81. The van der Waals surface area contributed by atoms with Crippen molar-refractivity contribution in [3.05, 3.63) is 0 Å². The number of hydrogen-bond donors (Lipinski definition) is 5. The number of aliphatic hydroxyl groups excluding tert-OH is 3. The average Bonchev–Trinajstić information content (AvgIpc) is 2.11. The zero-order valence-electron chi connectivity index (χ0n) is 6.60. The van der Waals surface area contributed by atoms with Gasteiger partial charge in [0.2, 0.25) is 5.91 Å². The van der Waals surface area contributed by atoms with Crippen molar-refractivity contribution in [1.82, 2.24) is 5.32 Å². The van der Waals surface area contributed by atoms with Crippen molar-refractivity contribution in [2.45, 2.75) is 12.1 Å². The van der Waals surface area contributed by atoms with E-state index < -0.39 is 31.3 Å². The van der Waals surface area contributed by atoms with Gasteiger partial charge in [0.25, 0.3) is 0 Å². The number of carbonyl (C=O) groups is 1. The zero-order valence-corrected chi connectivity index (χ0v) is 6.60.